The molecular formula is C24H32ClFN6O2. The number of halogens is 2. The summed E-state index contributed by atoms with van der Waals surface area (Å²) < 4.78 is 14.0. The van der Waals surface area contributed by atoms with Gasteiger partial charge in [0.25, 0.3) is 0 Å². The summed E-state index contributed by atoms with van der Waals surface area (Å²) in [6, 6.07) is 4.49. The van der Waals surface area contributed by atoms with E-state index in [-0.39, 0.29) is 16.8 Å². The molecule has 34 heavy (non-hydrogen) atoms. The number of benzene rings is 1. The molecule has 4 rings (SSSR count). The van der Waals surface area contributed by atoms with Crippen LogP contribution in [-0.2, 0) is 7.05 Å². The molecule has 0 spiro atoms. The van der Waals surface area contributed by atoms with Crippen molar-refractivity contribution < 1.29 is 14.3 Å². The van der Waals surface area contributed by atoms with Crippen LogP contribution in [0.5, 0.6) is 0 Å². The van der Waals surface area contributed by atoms with Crippen LogP contribution in [0.3, 0.4) is 0 Å². The van der Waals surface area contributed by atoms with Crippen LogP contribution in [-0.4, -0.2) is 47.1 Å². The van der Waals surface area contributed by atoms with Crippen LogP contribution in [0.4, 0.5) is 15.9 Å². The van der Waals surface area contributed by atoms with Gasteiger partial charge in [-0.25, -0.2) is 4.39 Å². The van der Waals surface area contributed by atoms with Crippen molar-refractivity contribution >= 4 is 35.6 Å². The number of anilines is 2. The van der Waals surface area contributed by atoms with Gasteiger partial charge in [0.1, 0.15) is 11.6 Å². The topological polar surface area (TPSA) is 132 Å². The Balaban J connectivity index is 0.000000271. The molecule has 1 aromatic carbocycles. The third kappa shape index (κ3) is 5.10. The number of carbonyl (C=O) groups is 1. The summed E-state index contributed by atoms with van der Waals surface area (Å²) in [6.07, 6.45) is 7.05. The number of nitrogen functional groups attached to an aromatic ring is 1. The zero-order valence-corrected chi connectivity index (χ0v) is 20.4. The Kier molecular flexibility index (Phi) is 7.99. The number of aliphatic hydroxyl groups is 1. The molecule has 1 heterocycles. The molecule has 10 heteroatoms. The van der Waals surface area contributed by atoms with Gasteiger partial charge in [0, 0.05) is 50.7 Å². The monoisotopic (exact) mass is 490 g/mol. The second kappa shape index (κ2) is 10.6. The number of fused-ring (bicyclic) bond motifs is 1. The molecule has 6 N–H and O–H groups in total. The Morgan fingerprint density at radius 2 is 2.03 bits per heavy atom. The van der Waals surface area contributed by atoms with Crippen LogP contribution in [0.15, 0.2) is 35.0 Å². The molecule has 184 valence electrons. The number of carbonyl (C=O) groups excluding carboxylic acids is 1. The highest BCUT2D eigenvalue weighted by Crippen LogP contribution is 2.55. The minimum absolute atomic E-state index is 0.145. The first-order valence-corrected chi connectivity index (χ1v) is 11.5. The fourth-order valence-electron chi connectivity index (χ4n) is 5.23. The zero-order valence-electron chi connectivity index (χ0n) is 19.6. The van der Waals surface area contributed by atoms with Crippen molar-refractivity contribution in [2.24, 2.45) is 29.6 Å². The van der Waals surface area contributed by atoms with Gasteiger partial charge in [-0.05, 0) is 55.7 Å². The third-order valence-electron chi connectivity index (χ3n) is 6.90. The summed E-state index contributed by atoms with van der Waals surface area (Å²) in [5.41, 5.74) is 13.5. The van der Waals surface area contributed by atoms with E-state index in [2.05, 4.69) is 15.4 Å². The molecule has 2 saturated carbocycles. The van der Waals surface area contributed by atoms with E-state index in [0.717, 1.165) is 30.5 Å². The molecular weight excluding hydrogens is 459 g/mol. The van der Waals surface area contributed by atoms with Gasteiger partial charge >= 0.3 is 0 Å². The number of nitrogens with one attached hydrogen (secondary N) is 1. The summed E-state index contributed by atoms with van der Waals surface area (Å²) in [4.78, 5) is 15.3. The van der Waals surface area contributed by atoms with Gasteiger partial charge in [0.2, 0.25) is 0 Å². The average Bonchev–Trinajstić information content (AvgIpc) is 3.43. The predicted molar refractivity (Wildman–Crippen MR) is 134 cm³/mol. The Morgan fingerprint density at radius 3 is 2.53 bits per heavy atom. The van der Waals surface area contributed by atoms with E-state index < -0.39 is 5.60 Å². The van der Waals surface area contributed by atoms with Gasteiger partial charge in [-0.15, -0.1) is 0 Å². The Bertz CT molecular complexity index is 1090. The molecule has 1 aromatic heterocycles. The second-order valence-electron chi connectivity index (χ2n) is 8.94. The molecule has 0 saturated heterocycles. The van der Waals surface area contributed by atoms with Gasteiger partial charge < -0.3 is 21.9 Å². The van der Waals surface area contributed by atoms with E-state index in [1.54, 1.807) is 38.1 Å². The standard InChI is InChI=1S/C17H25N5O2.C7H7ClFN/c1-20-8-13(7-18)17(24)5-11-3-10(4-12(11)6-17)15-14(9-23)16(19)22(2)21-15;1-10-5-2-3-7(9)6(8)4-5/h7-12,24H,3-6,18-19H2,1-2H3;2-4,10H,1H3/b13-7+,20-8?;. The lowest BCUT2D eigenvalue weighted by Crippen LogP contribution is -2.30. The van der Waals surface area contributed by atoms with Gasteiger partial charge in [-0.1, -0.05) is 11.6 Å². The lowest BCUT2D eigenvalue weighted by atomic mass is 9.87. The summed E-state index contributed by atoms with van der Waals surface area (Å²) >= 11 is 5.48. The highest BCUT2D eigenvalue weighted by molar-refractivity contribution is 6.31. The highest BCUT2D eigenvalue weighted by atomic mass is 35.5. The van der Waals surface area contributed by atoms with Gasteiger partial charge in [0.05, 0.1) is 21.9 Å². The van der Waals surface area contributed by atoms with Crippen molar-refractivity contribution in [3.63, 3.8) is 0 Å². The van der Waals surface area contributed by atoms with Gasteiger partial charge in [0.15, 0.2) is 6.29 Å². The van der Waals surface area contributed by atoms with Crippen molar-refractivity contribution in [3.8, 4) is 0 Å². The van der Waals surface area contributed by atoms with Crippen LogP contribution < -0.4 is 16.8 Å². The number of nitrogens with two attached hydrogens (primary N) is 2. The van der Waals surface area contributed by atoms with Gasteiger partial charge in [-0.2, -0.15) is 5.10 Å². The van der Waals surface area contributed by atoms with E-state index in [1.807, 2.05) is 0 Å². The minimum atomic E-state index is -0.898. The van der Waals surface area contributed by atoms with Crippen molar-refractivity contribution in [1.29, 1.82) is 0 Å². The fraction of sp³-hybridized carbons (Fsp3) is 0.458. The number of hydrogen-bond donors (Lipinski definition) is 4. The average molecular weight is 491 g/mol. The molecule has 2 aliphatic carbocycles. The molecule has 2 fully saturated rings. The maximum absolute atomic E-state index is 12.5. The number of aliphatic imine (C=N–C) groups is 1. The smallest absolute Gasteiger partial charge is 0.155 e. The van der Waals surface area contributed by atoms with Crippen molar-refractivity contribution in [2.75, 3.05) is 25.1 Å². The van der Waals surface area contributed by atoms with Crippen molar-refractivity contribution in [3.05, 3.63) is 52.1 Å². The lowest BCUT2D eigenvalue weighted by molar-refractivity contribution is 0.0820. The second-order valence-corrected chi connectivity index (χ2v) is 9.35. The highest BCUT2D eigenvalue weighted by Gasteiger charge is 2.50. The Labute approximate surface area is 203 Å². The first-order chi connectivity index (χ1) is 16.2. The minimum Gasteiger partial charge on any atom is -0.404 e. The predicted octanol–water partition coefficient (Wildman–Crippen LogP) is 3.51. The number of aromatic nitrogens is 2. The van der Waals surface area contributed by atoms with E-state index in [4.69, 9.17) is 23.1 Å². The fourth-order valence-corrected chi connectivity index (χ4v) is 5.41. The SMILES string of the molecule is CN=C/C(=C\N)C1(O)CC2CC(c3nn(C)c(N)c3C=O)CC2C1.CNc1ccc(F)c(Cl)c1. The normalized spacial score (nSPS) is 26.3. The Hall–Kier alpha value is -2.91. The molecule has 2 atom stereocenters. The maximum atomic E-state index is 12.5. The summed E-state index contributed by atoms with van der Waals surface area (Å²) in [5.74, 6) is 1.03. The molecule has 0 aliphatic heterocycles. The van der Waals surface area contributed by atoms with E-state index in [0.29, 0.717) is 41.6 Å². The van der Waals surface area contributed by atoms with Crippen molar-refractivity contribution in [1.82, 2.24) is 9.78 Å². The molecule has 2 aliphatic rings. The molecule has 0 radical (unpaired) electrons. The molecule has 2 aromatic rings. The van der Waals surface area contributed by atoms with Crippen molar-refractivity contribution in [2.45, 2.75) is 37.2 Å². The van der Waals surface area contributed by atoms with Gasteiger partial charge in [-0.3, -0.25) is 14.5 Å². The van der Waals surface area contributed by atoms with Crippen LogP contribution in [0.2, 0.25) is 5.02 Å². The van der Waals surface area contributed by atoms with E-state index >= 15 is 0 Å². The number of rotatable bonds is 5. The van der Waals surface area contributed by atoms with E-state index in [9.17, 15) is 14.3 Å². The van der Waals surface area contributed by atoms with Crippen LogP contribution >= 0.6 is 11.6 Å². The Morgan fingerprint density at radius 1 is 1.38 bits per heavy atom. The summed E-state index contributed by atoms with van der Waals surface area (Å²) in [7, 11) is 5.18. The van der Waals surface area contributed by atoms with Crippen LogP contribution in [0, 0.1) is 17.7 Å². The first-order valence-electron chi connectivity index (χ1n) is 11.1. The first kappa shape index (κ1) is 25.7. The molecule has 2 unspecified atom stereocenters. The maximum Gasteiger partial charge on any atom is 0.155 e. The quantitative estimate of drug-likeness (QED) is 0.374. The molecule has 8 nitrogen and oxygen atoms in total. The summed E-state index contributed by atoms with van der Waals surface area (Å²) in [5, 5.41) is 18.4. The molecule has 0 amide bonds. The number of aryl methyl sites for hydroxylation is 1. The van der Waals surface area contributed by atoms with Crippen LogP contribution in [0.1, 0.15) is 47.7 Å². The third-order valence-corrected chi connectivity index (χ3v) is 7.19. The van der Waals surface area contributed by atoms with Crippen LogP contribution in [0.25, 0.3) is 0 Å². The summed E-state index contributed by atoms with van der Waals surface area (Å²) in [6.45, 7) is 0. The lowest BCUT2D eigenvalue weighted by Gasteiger charge is -2.25. The number of hydrogen-bond acceptors (Lipinski definition) is 7. The number of aldehydes is 1. The number of nitrogens with zero attached hydrogens (tertiary/aromatic N) is 3. The largest absolute Gasteiger partial charge is 0.404 e. The molecule has 0 bridgehead atoms. The van der Waals surface area contributed by atoms with E-state index in [1.165, 1.54) is 18.3 Å². The zero-order chi connectivity index (χ0) is 25.0.